The summed E-state index contributed by atoms with van der Waals surface area (Å²) in [5, 5.41) is 0. The van der Waals surface area contributed by atoms with Gasteiger partial charge in [0.05, 0.1) is 24.4 Å². The number of hydrogen-bond donors (Lipinski definition) is 0. The van der Waals surface area contributed by atoms with Gasteiger partial charge in [0.15, 0.2) is 0 Å². The van der Waals surface area contributed by atoms with Crippen LogP contribution < -0.4 is 0 Å². The van der Waals surface area contributed by atoms with Gasteiger partial charge in [0, 0.05) is 49.6 Å². The Balaban J connectivity index is -0.000000113. The molecule has 2 fully saturated rings. The van der Waals surface area contributed by atoms with Crippen molar-refractivity contribution in [3.8, 4) is 11.5 Å². The number of ether oxygens (including phenoxy) is 2. The molecule has 0 aromatic heterocycles. The molecular formula is C24H28Br2Co2O8Si. The molecule has 0 aromatic rings. The van der Waals surface area contributed by atoms with Crippen molar-refractivity contribution >= 4 is 39.9 Å². The zero-order chi connectivity index (χ0) is 29.0. The zero-order valence-electron chi connectivity index (χ0n) is 20.6. The summed E-state index contributed by atoms with van der Waals surface area (Å²) in [5.41, 5.74) is 3.36. The maximum atomic E-state index is 7.50. The molecule has 13 heteroatoms. The predicted molar refractivity (Wildman–Crippen MR) is 131 cm³/mol. The van der Waals surface area contributed by atoms with Gasteiger partial charge in [-0.3, -0.25) is 0 Å². The Morgan fingerprint density at radius 3 is 1.73 bits per heavy atom. The molecule has 8 nitrogen and oxygen atoms in total. The van der Waals surface area contributed by atoms with E-state index in [4.69, 9.17) is 37.4 Å². The van der Waals surface area contributed by atoms with E-state index in [1.807, 2.05) is 6.08 Å². The first-order chi connectivity index (χ1) is 16.8. The molecule has 2 rings (SSSR count). The summed E-state index contributed by atoms with van der Waals surface area (Å²) < 4.78 is 57.6. The number of allylic oxidation sites excluding steroid dienone is 1. The molecule has 0 aliphatic carbocycles. The minimum absolute atomic E-state index is 0. The third-order valence-electron chi connectivity index (χ3n) is 4.25. The van der Waals surface area contributed by atoms with Crippen LogP contribution in [-0.2, 0) is 70.9 Å². The fourth-order valence-corrected chi connectivity index (χ4v) is 4.57. The summed E-state index contributed by atoms with van der Waals surface area (Å²) in [5.74, 6) is 3.19. The molecule has 0 amide bonds. The van der Waals surface area contributed by atoms with Crippen LogP contribution in [0.4, 0.5) is 0 Å². The third kappa shape index (κ3) is 27.2. The monoisotopic (exact) mass is 748 g/mol. The zero-order valence-corrected chi connectivity index (χ0v) is 26.9. The van der Waals surface area contributed by atoms with E-state index >= 15 is 0 Å². The molecule has 0 spiro atoms. The standard InChI is InChI=1S/C18H28Br2O2Si.6CO.2Co/c1-5-13(19)16-12-17-14(20)11-18(22-17)15(21-16)9-7-6-8-10-23(2,3)4;6*1-2;;/h6-7,13-18H,5,9,11-12H2,1-4H3;;;;;;;;/b7-6+;;;;;;;;/t13-,14-,15-,16+,17-,18-;;;;;;;;/m0......../s1. The van der Waals surface area contributed by atoms with Gasteiger partial charge in [-0.1, -0.05) is 70.4 Å². The summed E-state index contributed by atoms with van der Waals surface area (Å²) in [7, 11) is -1.29. The van der Waals surface area contributed by atoms with E-state index in [1.165, 1.54) is 0 Å². The van der Waals surface area contributed by atoms with Crippen LogP contribution in [0.5, 0.6) is 0 Å². The molecule has 0 saturated carbocycles. The number of halogens is 2. The van der Waals surface area contributed by atoms with E-state index in [0.29, 0.717) is 9.65 Å². The third-order valence-corrected chi connectivity index (χ3v) is 7.34. The first-order valence-corrected chi connectivity index (χ1v) is 15.1. The fourth-order valence-electron chi connectivity index (χ4n) is 3.00. The molecule has 0 N–H and O–H groups in total. The van der Waals surface area contributed by atoms with E-state index in [2.05, 4.69) is 116 Å². The van der Waals surface area contributed by atoms with Crippen molar-refractivity contribution in [3.63, 3.8) is 0 Å². The van der Waals surface area contributed by atoms with Crippen LogP contribution in [0.15, 0.2) is 12.2 Å². The smallest absolute Gasteiger partial charge is 0 e. The summed E-state index contributed by atoms with van der Waals surface area (Å²) in [6, 6.07) is 0. The summed E-state index contributed by atoms with van der Waals surface area (Å²) in [6.45, 7) is 36.0. The second-order valence-electron chi connectivity index (χ2n) is 7.50. The van der Waals surface area contributed by atoms with Crippen molar-refractivity contribution in [2.24, 2.45) is 0 Å². The maximum absolute atomic E-state index is 7.50. The minimum atomic E-state index is -1.29. The Morgan fingerprint density at radius 2 is 1.32 bits per heavy atom. The normalized spacial score (nSPS) is 22.5. The topological polar surface area (TPSA) is 138 Å². The molecule has 208 valence electrons. The van der Waals surface area contributed by atoms with Crippen LogP contribution in [0.2, 0.25) is 19.6 Å². The van der Waals surface area contributed by atoms with Gasteiger partial charge in [-0.25, -0.2) is 0 Å². The molecule has 6 atom stereocenters. The summed E-state index contributed by atoms with van der Waals surface area (Å²) in [4.78, 5) is 0.844. The van der Waals surface area contributed by atoms with E-state index in [1.54, 1.807) is 0 Å². The van der Waals surface area contributed by atoms with Crippen molar-refractivity contribution in [2.45, 2.75) is 86.3 Å². The van der Waals surface area contributed by atoms with Crippen molar-refractivity contribution in [3.05, 3.63) is 52.1 Å². The van der Waals surface area contributed by atoms with E-state index in [9.17, 15) is 0 Å². The molecule has 37 heavy (non-hydrogen) atoms. The maximum Gasteiger partial charge on any atom is 0 e. The van der Waals surface area contributed by atoms with Gasteiger partial charge in [-0.15, -0.1) is 5.54 Å². The molecule has 0 aromatic carbocycles. The van der Waals surface area contributed by atoms with Gasteiger partial charge in [-0.05, 0) is 25.3 Å². The summed E-state index contributed by atoms with van der Waals surface area (Å²) in [6.07, 6.45) is 8.90. The van der Waals surface area contributed by atoms with Crippen LogP contribution in [-0.4, -0.2) is 42.1 Å². The molecule has 2 bridgehead atoms. The van der Waals surface area contributed by atoms with Crippen molar-refractivity contribution in [1.29, 1.82) is 0 Å². The predicted octanol–water partition coefficient (Wildman–Crippen LogP) is 4.84. The number of hydrogen-bond acceptors (Lipinski definition) is 2. The van der Waals surface area contributed by atoms with Crippen molar-refractivity contribution in [2.75, 3.05) is 0 Å². The Morgan fingerprint density at radius 1 is 0.865 bits per heavy atom. The minimum Gasteiger partial charge on any atom is 0 e. The second-order valence-corrected chi connectivity index (χ2v) is 14.6. The van der Waals surface area contributed by atoms with Crippen LogP contribution in [0, 0.1) is 51.4 Å². The molecule has 0 unspecified atom stereocenters. The molecule has 2 saturated heterocycles. The van der Waals surface area contributed by atoms with Gasteiger partial charge >= 0.3 is 67.8 Å². The first kappa shape index (κ1) is 53.2. The molecule has 2 aliphatic rings. The number of fused-ring (bicyclic) bond motifs is 2. The average Bonchev–Trinajstić information content (AvgIpc) is 3.17. The SMILES string of the molecule is CC[C@H](Br)[C@H]1C[C@@H]2O[C@@H](C[C@@H]2Br)[C@H](C/C=C/C#C[Si](C)(C)C)O1.[C-]#[O+].[C-]#[O+].[C-]#[O+].[C-]#[O+].[C-]#[O+].[C-]#[O+].[Co].[Co]. The van der Waals surface area contributed by atoms with Gasteiger partial charge < -0.3 is 9.47 Å². The molecule has 2 aliphatic heterocycles. The van der Waals surface area contributed by atoms with Crippen molar-refractivity contribution in [1.82, 2.24) is 0 Å². The fraction of sp³-hybridized carbons (Fsp3) is 0.583. The molecule has 2 radical (unpaired) electrons. The average molecular weight is 750 g/mol. The Hall–Kier alpha value is -0.150. The molecule has 2 heterocycles. The first-order valence-electron chi connectivity index (χ1n) is 9.79. The van der Waals surface area contributed by atoms with E-state index in [-0.39, 0.29) is 58.0 Å². The van der Waals surface area contributed by atoms with E-state index in [0.717, 1.165) is 25.7 Å². The Labute approximate surface area is 259 Å². The van der Waals surface area contributed by atoms with Gasteiger partial charge in [0.25, 0.3) is 0 Å². The second kappa shape index (κ2) is 38.0. The van der Waals surface area contributed by atoms with Crippen LogP contribution in [0.25, 0.3) is 0 Å². The van der Waals surface area contributed by atoms with Crippen LogP contribution >= 0.6 is 31.9 Å². The van der Waals surface area contributed by atoms with Gasteiger partial charge in [-0.2, -0.15) is 0 Å². The van der Waals surface area contributed by atoms with Crippen LogP contribution in [0.3, 0.4) is 0 Å². The molecular weight excluding hydrogens is 722 g/mol. The number of rotatable bonds is 4. The summed E-state index contributed by atoms with van der Waals surface area (Å²) >= 11 is 7.56. The van der Waals surface area contributed by atoms with Crippen LogP contribution in [0.1, 0.15) is 32.6 Å². The Kier molecular flexibility index (Phi) is 54.6. The van der Waals surface area contributed by atoms with E-state index < -0.39 is 8.07 Å². The van der Waals surface area contributed by atoms with Crippen molar-refractivity contribution < 1.29 is 70.9 Å². The van der Waals surface area contributed by atoms with Gasteiger partial charge in [0.2, 0.25) is 0 Å². The Bertz CT molecular complexity index is 690. The largest absolute Gasteiger partial charge is 0 e. The number of alkyl halides is 2. The van der Waals surface area contributed by atoms with Gasteiger partial charge in [0.1, 0.15) is 8.07 Å². The quantitative estimate of drug-likeness (QED) is 0.134.